The quantitative estimate of drug-likeness (QED) is 0.342. The van der Waals surface area contributed by atoms with E-state index in [0.29, 0.717) is 0 Å². The lowest BCUT2D eigenvalue weighted by atomic mass is 10.2. The van der Waals surface area contributed by atoms with Gasteiger partial charge in [0.2, 0.25) is 0 Å². The number of aliphatic hydroxyl groups excluding tert-OH is 2. The molecule has 0 bridgehead atoms. The number of urea groups is 1. The van der Waals surface area contributed by atoms with Crippen molar-refractivity contribution in [2.24, 2.45) is 5.73 Å². The molecule has 0 aliphatic rings. The highest BCUT2D eigenvalue weighted by atomic mass is 35.5. The molecule has 0 aromatic rings. The summed E-state index contributed by atoms with van der Waals surface area (Å²) in [7, 11) is 0. The van der Waals surface area contributed by atoms with Crippen LogP contribution in [-0.2, 0) is 4.79 Å². The lowest BCUT2D eigenvalue weighted by molar-refractivity contribution is -0.114. The monoisotopic (exact) mass is 222 g/mol. The maximum atomic E-state index is 11.1. The van der Waals surface area contributed by atoms with Gasteiger partial charge in [-0.3, -0.25) is 4.79 Å². The summed E-state index contributed by atoms with van der Waals surface area (Å²) in [6.45, 7) is -1.07. The lowest BCUT2D eigenvalue weighted by Gasteiger charge is -2.05. The summed E-state index contributed by atoms with van der Waals surface area (Å²) in [5, 5.41) is 18.1. The van der Waals surface area contributed by atoms with E-state index in [0.717, 1.165) is 6.08 Å². The van der Waals surface area contributed by atoms with Gasteiger partial charge in [0.05, 0.1) is 13.2 Å². The van der Waals surface area contributed by atoms with Crippen LogP contribution in [0, 0.1) is 0 Å². The van der Waals surface area contributed by atoms with Crippen LogP contribution in [0.4, 0.5) is 4.79 Å². The Morgan fingerprint density at radius 1 is 1.50 bits per heavy atom. The van der Waals surface area contributed by atoms with Crippen LogP contribution in [0.2, 0.25) is 0 Å². The average molecular weight is 223 g/mol. The number of aliphatic hydroxyl groups is 2. The van der Waals surface area contributed by atoms with Crippen molar-refractivity contribution < 1.29 is 19.8 Å². The number of rotatable bonds is 5. The van der Waals surface area contributed by atoms with Gasteiger partial charge >= 0.3 is 6.03 Å². The van der Waals surface area contributed by atoms with Crippen molar-refractivity contribution in [1.29, 1.82) is 0 Å². The molecule has 0 spiro atoms. The van der Waals surface area contributed by atoms with E-state index in [-0.39, 0.29) is 5.70 Å². The molecule has 0 saturated heterocycles. The van der Waals surface area contributed by atoms with E-state index in [1.165, 1.54) is 0 Å². The molecule has 0 saturated carbocycles. The molecule has 0 fully saturated rings. The lowest BCUT2D eigenvalue weighted by Crippen LogP contribution is -2.31. The number of hydrogen-bond acceptors (Lipinski definition) is 4. The highest BCUT2D eigenvalue weighted by molar-refractivity contribution is 6.33. The third-order valence-electron chi connectivity index (χ3n) is 1.24. The fourth-order valence-corrected chi connectivity index (χ4v) is 0.695. The molecule has 80 valence electrons. The molecular formula is C7H11ClN2O4. The van der Waals surface area contributed by atoms with Crippen molar-refractivity contribution in [1.82, 2.24) is 5.32 Å². The molecule has 0 aromatic carbocycles. The molecule has 1 atom stereocenters. The number of nitrogens with two attached hydrogens (primary N) is 1. The van der Waals surface area contributed by atoms with Crippen molar-refractivity contribution in [3.05, 3.63) is 11.8 Å². The number of alkyl halides is 1. The molecule has 0 aliphatic heterocycles. The number of nitrogens with one attached hydrogen (secondary N) is 1. The fraction of sp³-hybridized carbons (Fsp3) is 0.429. The summed E-state index contributed by atoms with van der Waals surface area (Å²) in [5.74, 6) is -0.619. The number of halogens is 1. The van der Waals surface area contributed by atoms with Gasteiger partial charge in [0, 0.05) is 11.8 Å². The van der Waals surface area contributed by atoms with Gasteiger partial charge in [-0.05, 0) is 0 Å². The van der Waals surface area contributed by atoms with Gasteiger partial charge < -0.3 is 21.3 Å². The van der Waals surface area contributed by atoms with E-state index >= 15 is 0 Å². The Morgan fingerprint density at radius 3 is 2.43 bits per heavy atom. The number of allylic oxidation sites excluding steroid dienone is 1. The van der Waals surface area contributed by atoms with Crippen LogP contribution in [0.5, 0.6) is 0 Å². The summed E-state index contributed by atoms with van der Waals surface area (Å²) in [5.41, 5.74) is 4.69. The number of amides is 2. The van der Waals surface area contributed by atoms with Gasteiger partial charge in [0.15, 0.2) is 5.78 Å². The minimum absolute atomic E-state index is 0.0680. The third kappa shape index (κ3) is 4.80. The average Bonchev–Trinajstić information content (AvgIpc) is 2.14. The molecule has 0 heterocycles. The Balaban J connectivity index is 4.42. The zero-order valence-corrected chi connectivity index (χ0v) is 7.99. The van der Waals surface area contributed by atoms with Gasteiger partial charge in [-0.2, -0.15) is 0 Å². The van der Waals surface area contributed by atoms with Gasteiger partial charge in [0.1, 0.15) is 5.38 Å². The van der Waals surface area contributed by atoms with Gasteiger partial charge in [0.25, 0.3) is 0 Å². The van der Waals surface area contributed by atoms with Crippen LogP contribution in [0.3, 0.4) is 0 Å². The van der Waals surface area contributed by atoms with E-state index in [1.807, 2.05) is 5.32 Å². The van der Waals surface area contributed by atoms with Crippen molar-refractivity contribution in [3.8, 4) is 0 Å². The van der Waals surface area contributed by atoms with Crippen LogP contribution in [0.1, 0.15) is 0 Å². The van der Waals surface area contributed by atoms with Crippen molar-refractivity contribution >= 4 is 23.4 Å². The maximum Gasteiger partial charge on any atom is 0.316 e. The van der Waals surface area contributed by atoms with Crippen molar-refractivity contribution in [2.45, 2.75) is 5.38 Å². The van der Waals surface area contributed by atoms with Crippen LogP contribution in [0.15, 0.2) is 11.8 Å². The topological polar surface area (TPSA) is 113 Å². The Bertz CT molecular complexity index is 254. The largest absolute Gasteiger partial charge is 0.394 e. The summed E-state index contributed by atoms with van der Waals surface area (Å²) in [6, 6.07) is -0.895. The normalized spacial score (nSPS) is 13.5. The molecule has 2 amide bonds. The molecule has 1 unspecified atom stereocenters. The van der Waals surface area contributed by atoms with E-state index in [4.69, 9.17) is 27.5 Å². The molecule has 7 heteroatoms. The Labute approximate surface area is 85.3 Å². The first-order chi connectivity index (χ1) is 6.51. The van der Waals surface area contributed by atoms with Gasteiger partial charge in [-0.15, -0.1) is 11.6 Å². The number of carbonyl (C=O) groups excluding carboxylic acids is 2. The second kappa shape index (κ2) is 6.36. The Hall–Kier alpha value is -1.11. The molecule has 6 nitrogen and oxygen atoms in total. The third-order valence-corrected chi connectivity index (χ3v) is 1.59. The molecule has 0 aromatic heterocycles. The standard InChI is InChI=1S/C7H11ClN2O4/c8-5(3-12)6(13)1-4(2-11)10-7(9)14/h1,5,11-12H,2-3H2,(H3,9,10,14). The van der Waals surface area contributed by atoms with Crippen LogP contribution >= 0.6 is 11.6 Å². The molecule has 0 rings (SSSR count). The van der Waals surface area contributed by atoms with Crippen molar-refractivity contribution in [2.75, 3.05) is 13.2 Å². The highest BCUT2D eigenvalue weighted by Gasteiger charge is 2.12. The first-order valence-electron chi connectivity index (χ1n) is 3.68. The zero-order valence-electron chi connectivity index (χ0n) is 7.24. The van der Waals surface area contributed by atoms with E-state index in [2.05, 4.69) is 0 Å². The number of ketones is 1. The highest BCUT2D eigenvalue weighted by Crippen LogP contribution is 1.99. The maximum absolute atomic E-state index is 11.1. The molecule has 0 radical (unpaired) electrons. The number of hydrogen-bond donors (Lipinski definition) is 4. The van der Waals surface area contributed by atoms with Crippen molar-refractivity contribution in [3.63, 3.8) is 0 Å². The van der Waals surface area contributed by atoms with E-state index in [1.54, 1.807) is 0 Å². The van der Waals surface area contributed by atoms with Crippen LogP contribution in [-0.4, -0.2) is 40.6 Å². The minimum Gasteiger partial charge on any atom is -0.394 e. The van der Waals surface area contributed by atoms with Gasteiger partial charge in [-0.1, -0.05) is 0 Å². The minimum atomic E-state index is -1.09. The second-order valence-corrected chi connectivity index (χ2v) is 2.90. The van der Waals surface area contributed by atoms with E-state index < -0.39 is 30.4 Å². The fourth-order valence-electron chi connectivity index (χ4n) is 0.632. The predicted molar refractivity (Wildman–Crippen MR) is 49.6 cm³/mol. The van der Waals surface area contributed by atoms with Crippen LogP contribution in [0.25, 0.3) is 0 Å². The molecule has 0 aliphatic carbocycles. The number of primary amides is 1. The first kappa shape index (κ1) is 12.9. The predicted octanol–water partition coefficient (Wildman–Crippen LogP) is -1.30. The smallest absolute Gasteiger partial charge is 0.316 e. The summed E-state index contributed by atoms with van der Waals surface area (Å²) in [6.07, 6.45) is 0.915. The zero-order chi connectivity index (χ0) is 11.1. The molecule has 14 heavy (non-hydrogen) atoms. The van der Waals surface area contributed by atoms with E-state index in [9.17, 15) is 9.59 Å². The summed E-state index contributed by atoms with van der Waals surface area (Å²) >= 11 is 5.38. The SMILES string of the molecule is NC(=O)NC(=CC(=O)C(Cl)CO)CO. The Kier molecular flexibility index (Phi) is 5.86. The first-order valence-corrected chi connectivity index (χ1v) is 4.11. The Morgan fingerprint density at radius 2 is 2.07 bits per heavy atom. The summed E-state index contributed by atoms with van der Waals surface area (Å²) < 4.78 is 0. The van der Waals surface area contributed by atoms with Gasteiger partial charge in [-0.25, -0.2) is 4.79 Å². The molecule has 5 N–H and O–H groups in total. The summed E-state index contributed by atoms with van der Waals surface area (Å²) in [4.78, 5) is 21.4. The van der Waals surface area contributed by atoms with Crippen LogP contribution < -0.4 is 11.1 Å². The molecular weight excluding hydrogens is 212 g/mol. The number of carbonyl (C=O) groups is 2. The second-order valence-electron chi connectivity index (χ2n) is 2.37.